The molecule has 0 aromatic carbocycles. The minimum atomic E-state index is 0.210. The standard InChI is InChI=1S/C15H25N3O/c1-10(2)13(8-9-19)18-15-12-6-4-5-7-14(12)16-11(3)17-15/h10,13,19H,4-9H2,1-3H3,(H,16,17,18). The topological polar surface area (TPSA) is 58.0 Å². The number of hydrogen-bond acceptors (Lipinski definition) is 4. The predicted octanol–water partition coefficient (Wildman–Crippen LogP) is 2.48. The van der Waals surface area contributed by atoms with Gasteiger partial charge in [0.2, 0.25) is 0 Å². The van der Waals surface area contributed by atoms with Crippen molar-refractivity contribution in [3.63, 3.8) is 0 Å². The van der Waals surface area contributed by atoms with Crippen LogP contribution in [0.2, 0.25) is 0 Å². The Morgan fingerprint density at radius 2 is 1.95 bits per heavy atom. The van der Waals surface area contributed by atoms with Gasteiger partial charge in [0.25, 0.3) is 0 Å². The first-order chi connectivity index (χ1) is 9.11. The molecule has 4 heteroatoms. The number of nitrogens with one attached hydrogen (secondary N) is 1. The van der Waals surface area contributed by atoms with Crippen molar-refractivity contribution in [2.24, 2.45) is 5.92 Å². The maximum Gasteiger partial charge on any atom is 0.133 e. The highest BCUT2D eigenvalue weighted by Gasteiger charge is 2.20. The normalized spacial score (nSPS) is 16.3. The Labute approximate surface area is 115 Å². The van der Waals surface area contributed by atoms with Crippen molar-refractivity contribution in [2.45, 2.75) is 58.9 Å². The second-order valence-electron chi connectivity index (χ2n) is 5.76. The Bertz CT molecular complexity index is 432. The zero-order valence-electron chi connectivity index (χ0n) is 12.2. The van der Waals surface area contributed by atoms with E-state index in [2.05, 4.69) is 29.1 Å². The molecule has 0 saturated heterocycles. The average Bonchev–Trinajstić information content (AvgIpc) is 2.37. The molecule has 2 N–H and O–H groups in total. The number of anilines is 1. The smallest absolute Gasteiger partial charge is 0.133 e. The molecule has 1 aliphatic rings. The van der Waals surface area contributed by atoms with Gasteiger partial charge in [-0.2, -0.15) is 0 Å². The van der Waals surface area contributed by atoms with Crippen molar-refractivity contribution in [1.82, 2.24) is 9.97 Å². The largest absolute Gasteiger partial charge is 0.396 e. The zero-order chi connectivity index (χ0) is 13.8. The highest BCUT2D eigenvalue weighted by atomic mass is 16.3. The van der Waals surface area contributed by atoms with E-state index >= 15 is 0 Å². The van der Waals surface area contributed by atoms with Gasteiger partial charge in [0.15, 0.2) is 0 Å². The number of hydrogen-bond donors (Lipinski definition) is 2. The lowest BCUT2D eigenvalue weighted by Gasteiger charge is -2.26. The molecule has 1 aliphatic carbocycles. The molecule has 0 radical (unpaired) electrons. The molecule has 0 bridgehead atoms. The highest BCUT2D eigenvalue weighted by molar-refractivity contribution is 5.48. The zero-order valence-corrected chi connectivity index (χ0v) is 12.2. The van der Waals surface area contributed by atoms with E-state index in [4.69, 9.17) is 0 Å². The van der Waals surface area contributed by atoms with Crippen LogP contribution in [0.15, 0.2) is 0 Å². The average molecular weight is 263 g/mol. The molecular weight excluding hydrogens is 238 g/mol. The number of aryl methyl sites for hydroxylation is 2. The van der Waals surface area contributed by atoms with Gasteiger partial charge in [0, 0.05) is 23.9 Å². The first kappa shape index (κ1) is 14.3. The second kappa shape index (κ2) is 6.33. The van der Waals surface area contributed by atoms with Crippen molar-refractivity contribution >= 4 is 5.82 Å². The number of rotatable bonds is 5. The lowest BCUT2D eigenvalue weighted by Crippen LogP contribution is -2.29. The summed E-state index contributed by atoms with van der Waals surface area (Å²) >= 11 is 0. The first-order valence-corrected chi connectivity index (χ1v) is 7.35. The quantitative estimate of drug-likeness (QED) is 0.857. The second-order valence-corrected chi connectivity index (χ2v) is 5.76. The molecule has 1 unspecified atom stereocenters. The molecule has 1 atom stereocenters. The Morgan fingerprint density at radius 1 is 1.21 bits per heavy atom. The summed E-state index contributed by atoms with van der Waals surface area (Å²) in [6, 6.07) is 0.269. The Balaban J connectivity index is 2.25. The highest BCUT2D eigenvalue weighted by Crippen LogP contribution is 2.26. The summed E-state index contributed by atoms with van der Waals surface area (Å²) in [5.74, 6) is 2.31. The van der Waals surface area contributed by atoms with Crippen molar-refractivity contribution < 1.29 is 5.11 Å². The molecule has 0 spiro atoms. The molecule has 0 aliphatic heterocycles. The Morgan fingerprint density at radius 3 is 2.63 bits per heavy atom. The molecule has 19 heavy (non-hydrogen) atoms. The molecule has 1 aromatic rings. The molecule has 106 valence electrons. The van der Waals surface area contributed by atoms with E-state index < -0.39 is 0 Å². The van der Waals surface area contributed by atoms with Crippen LogP contribution < -0.4 is 5.32 Å². The number of aliphatic hydroxyl groups excluding tert-OH is 1. The molecule has 0 fully saturated rings. The van der Waals surface area contributed by atoms with E-state index in [1.54, 1.807) is 0 Å². The minimum Gasteiger partial charge on any atom is -0.396 e. The number of aromatic nitrogens is 2. The van der Waals surface area contributed by atoms with E-state index in [-0.39, 0.29) is 12.6 Å². The third-order valence-corrected chi connectivity index (χ3v) is 3.86. The van der Waals surface area contributed by atoms with Gasteiger partial charge in [0.05, 0.1) is 0 Å². The SMILES string of the molecule is Cc1nc2c(c(NC(CCO)C(C)C)n1)CCCC2. The van der Waals surface area contributed by atoms with E-state index in [0.717, 1.165) is 30.9 Å². The van der Waals surface area contributed by atoms with Gasteiger partial charge in [-0.05, 0) is 44.9 Å². The summed E-state index contributed by atoms with van der Waals surface area (Å²) in [6.07, 6.45) is 5.35. The van der Waals surface area contributed by atoms with Crippen LogP contribution in [-0.4, -0.2) is 27.7 Å². The number of fused-ring (bicyclic) bond motifs is 1. The third-order valence-electron chi connectivity index (χ3n) is 3.86. The van der Waals surface area contributed by atoms with Gasteiger partial charge < -0.3 is 10.4 Å². The summed E-state index contributed by atoms with van der Waals surface area (Å²) in [5.41, 5.74) is 2.51. The fourth-order valence-corrected chi connectivity index (χ4v) is 2.72. The number of aliphatic hydroxyl groups is 1. The van der Waals surface area contributed by atoms with Gasteiger partial charge in [0.1, 0.15) is 11.6 Å². The van der Waals surface area contributed by atoms with Crippen molar-refractivity contribution in [2.75, 3.05) is 11.9 Å². The molecule has 1 aromatic heterocycles. The van der Waals surface area contributed by atoms with Crippen LogP contribution >= 0.6 is 0 Å². The predicted molar refractivity (Wildman–Crippen MR) is 77.4 cm³/mol. The monoisotopic (exact) mass is 263 g/mol. The van der Waals surface area contributed by atoms with Crippen LogP contribution in [0.25, 0.3) is 0 Å². The van der Waals surface area contributed by atoms with Gasteiger partial charge in [-0.15, -0.1) is 0 Å². The maximum absolute atomic E-state index is 9.18. The maximum atomic E-state index is 9.18. The molecule has 4 nitrogen and oxygen atoms in total. The summed E-state index contributed by atoms with van der Waals surface area (Å²) in [4.78, 5) is 9.16. The van der Waals surface area contributed by atoms with Gasteiger partial charge >= 0.3 is 0 Å². The first-order valence-electron chi connectivity index (χ1n) is 7.35. The Kier molecular flexibility index (Phi) is 4.75. The fourth-order valence-electron chi connectivity index (χ4n) is 2.72. The van der Waals surface area contributed by atoms with Gasteiger partial charge in [-0.3, -0.25) is 0 Å². The summed E-state index contributed by atoms with van der Waals surface area (Å²) in [6.45, 7) is 6.51. The van der Waals surface area contributed by atoms with Gasteiger partial charge in [-0.1, -0.05) is 13.8 Å². The van der Waals surface area contributed by atoms with Crippen LogP contribution in [-0.2, 0) is 12.8 Å². The van der Waals surface area contributed by atoms with E-state index in [0.29, 0.717) is 5.92 Å². The number of nitrogens with zero attached hydrogens (tertiary/aromatic N) is 2. The van der Waals surface area contributed by atoms with Crippen LogP contribution in [0.5, 0.6) is 0 Å². The molecular formula is C15H25N3O. The summed E-state index contributed by atoms with van der Waals surface area (Å²) in [5, 5.41) is 12.7. The summed E-state index contributed by atoms with van der Waals surface area (Å²) < 4.78 is 0. The van der Waals surface area contributed by atoms with Gasteiger partial charge in [-0.25, -0.2) is 9.97 Å². The van der Waals surface area contributed by atoms with Crippen molar-refractivity contribution in [3.05, 3.63) is 17.1 Å². The van der Waals surface area contributed by atoms with E-state index in [1.807, 2.05) is 6.92 Å². The van der Waals surface area contributed by atoms with Crippen molar-refractivity contribution in [1.29, 1.82) is 0 Å². The van der Waals surface area contributed by atoms with Crippen LogP contribution in [0, 0.1) is 12.8 Å². The fraction of sp³-hybridized carbons (Fsp3) is 0.733. The van der Waals surface area contributed by atoms with Crippen molar-refractivity contribution in [3.8, 4) is 0 Å². The van der Waals surface area contributed by atoms with E-state index in [9.17, 15) is 5.11 Å². The molecule has 0 amide bonds. The lowest BCUT2D eigenvalue weighted by atomic mass is 9.95. The molecule has 1 heterocycles. The Hall–Kier alpha value is -1.16. The summed E-state index contributed by atoms with van der Waals surface area (Å²) in [7, 11) is 0. The van der Waals surface area contributed by atoms with E-state index in [1.165, 1.54) is 24.1 Å². The van der Waals surface area contributed by atoms with Crippen LogP contribution in [0.3, 0.4) is 0 Å². The molecule has 0 saturated carbocycles. The third kappa shape index (κ3) is 3.44. The lowest BCUT2D eigenvalue weighted by molar-refractivity contribution is 0.267. The minimum absolute atomic E-state index is 0.210. The molecule has 2 rings (SSSR count). The van der Waals surface area contributed by atoms with Crippen LogP contribution in [0.1, 0.15) is 50.2 Å². The van der Waals surface area contributed by atoms with Crippen LogP contribution in [0.4, 0.5) is 5.82 Å².